The van der Waals surface area contributed by atoms with E-state index in [0.29, 0.717) is 13.1 Å². The summed E-state index contributed by atoms with van der Waals surface area (Å²) in [5.41, 5.74) is 0.116. The molecule has 1 unspecified atom stereocenters. The summed E-state index contributed by atoms with van der Waals surface area (Å²) < 4.78 is 41.6. The molecule has 7 heteroatoms. The lowest BCUT2D eigenvalue weighted by molar-refractivity contribution is -0.153. The van der Waals surface area contributed by atoms with Crippen molar-refractivity contribution in [2.24, 2.45) is 5.92 Å². The van der Waals surface area contributed by atoms with E-state index in [1.807, 2.05) is 0 Å². The van der Waals surface area contributed by atoms with E-state index in [9.17, 15) is 23.1 Å². The molecule has 2 rings (SSSR count). The van der Waals surface area contributed by atoms with Gasteiger partial charge in [-0.3, -0.25) is 4.79 Å². The first-order valence-corrected chi connectivity index (χ1v) is 7.09. The number of rotatable bonds is 4. The molecule has 0 saturated carbocycles. The van der Waals surface area contributed by atoms with Crippen molar-refractivity contribution in [3.8, 4) is 5.75 Å². The molecule has 1 atom stereocenters. The maximum Gasteiger partial charge on any atom is 0.422 e. The average molecular weight is 317 g/mol. The first-order valence-electron chi connectivity index (χ1n) is 7.09. The smallest absolute Gasteiger partial charge is 0.422 e. The van der Waals surface area contributed by atoms with Crippen LogP contribution in [0, 0.1) is 5.92 Å². The van der Waals surface area contributed by atoms with E-state index in [0.717, 1.165) is 12.8 Å². The third-order valence-corrected chi connectivity index (χ3v) is 3.57. The van der Waals surface area contributed by atoms with Crippen molar-refractivity contribution in [1.29, 1.82) is 0 Å². The maximum atomic E-state index is 12.5. The summed E-state index contributed by atoms with van der Waals surface area (Å²) >= 11 is 0. The van der Waals surface area contributed by atoms with E-state index in [1.165, 1.54) is 18.2 Å². The van der Waals surface area contributed by atoms with Crippen LogP contribution in [0.4, 0.5) is 13.2 Å². The molecule has 1 aliphatic rings. The summed E-state index contributed by atoms with van der Waals surface area (Å²) in [5.74, 6) is -0.423. The second-order valence-electron chi connectivity index (χ2n) is 5.34. The number of carbonyl (C=O) groups excluding carboxylic acids is 1. The molecular weight excluding hydrogens is 299 g/mol. The summed E-state index contributed by atoms with van der Waals surface area (Å²) in [6, 6.07) is 5.92. The molecule has 1 N–H and O–H groups in total. The number of halogens is 3. The highest BCUT2D eigenvalue weighted by Gasteiger charge is 2.30. The van der Waals surface area contributed by atoms with Gasteiger partial charge in [-0.25, -0.2) is 0 Å². The largest absolute Gasteiger partial charge is 0.483 e. The Kier molecular flexibility index (Phi) is 5.28. The first kappa shape index (κ1) is 16.6. The summed E-state index contributed by atoms with van der Waals surface area (Å²) in [5, 5.41) is 9.20. The standard InChI is InChI=1S/C15H18F3NO3/c16-15(17,18)10-22-13-6-2-1-5-12(13)14(21)19-7-3-4-11(8-19)9-20/h1-2,5-6,11,20H,3-4,7-10H2. The number of amides is 1. The molecule has 4 nitrogen and oxygen atoms in total. The average Bonchev–Trinajstić information content (AvgIpc) is 2.52. The minimum absolute atomic E-state index is 0.00397. The number of carbonyl (C=O) groups is 1. The van der Waals surface area contributed by atoms with Crippen molar-refractivity contribution >= 4 is 5.91 Å². The molecule has 1 saturated heterocycles. The maximum absolute atomic E-state index is 12.5. The first-order chi connectivity index (χ1) is 10.4. The van der Waals surface area contributed by atoms with E-state index >= 15 is 0 Å². The number of aliphatic hydroxyl groups excluding tert-OH is 1. The zero-order chi connectivity index (χ0) is 16.2. The molecule has 122 valence electrons. The highest BCUT2D eigenvalue weighted by atomic mass is 19.4. The van der Waals surface area contributed by atoms with Crippen LogP contribution in [-0.4, -0.2) is 48.4 Å². The molecule has 1 heterocycles. The van der Waals surface area contributed by atoms with Crippen molar-refractivity contribution in [2.75, 3.05) is 26.3 Å². The van der Waals surface area contributed by atoms with E-state index in [1.54, 1.807) is 11.0 Å². The van der Waals surface area contributed by atoms with Gasteiger partial charge in [-0.05, 0) is 30.9 Å². The Hall–Kier alpha value is -1.76. The summed E-state index contributed by atoms with van der Waals surface area (Å²) in [6.07, 6.45) is -2.85. The lowest BCUT2D eigenvalue weighted by Crippen LogP contribution is -2.41. The predicted molar refractivity (Wildman–Crippen MR) is 73.7 cm³/mol. The van der Waals surface area contributed by atoms with Gasteiger partial charge >= 0.3 is 6.18 Å². The van der Waals surface area contributed by atoms with Crippen LogP contribution in [0.3, 0.4) is 0 Å². The van der Waals surface area contributed by atoms with Gasteiger partial charge in [0.05, 0.1) is 5.56 Å². The highest BCUT2D eigenvalue weighted by Crippen LogP contribution is 2.25. The number of hydrogen-bond acceptors (Lipinski definition) is 3. The predicted octanol–water partition coefficient (Wildman–Crippen LogP) is 2.47. The second-order valence-corrected chi connectivity index (χ2v) is 5.34. The van der Waals surface area contributed by atoms with Crippen LogP contribution < -0.4 is 4.74 Å². The van der Waals surface area contributed by atoms with E-state index in [2.05, 4.69) is 0 Å². The van der Waals surface area contributed by atoms with Crippen LogP contribution in [-0.2, 0) is 0 Å². The molecule has 22 heavy (non-hydrogen) atoms. The van der Waals surface area contributed by atoms with Gasteiger partial charge in [-0.2, -0.15) is 13.2 Å². The Labute approximate surface area is 126 Å². The van der Waals surface area contributed by atoms with E-state index in [4.69, 9.17) is 4.74 Å². The number of ether oxygens (including phenoxy) is 1. The normalized spacial score (nSPS) is 19.1. The zero-order valence-corrected chi connectivity index (χ0v) is 12.0. The van der Waals surface area contributed by atoms with Crippen molar-refractivity contribution < 1.29 is 27.8 Å². The van der Waals surface area contributed by atoms with Crippen LogP contribution in [0.15, 0.2) is 24.3 Å². The number of likely N-dealkylation sites (tertiary alicyclic amines) is 1. The zero-order valence-electron chi connectivity index (χ0n) is 12.0. The molecule has 0 aliphatic carbocycles. The van der Waals surface area contributed by atoms with Crippen LogP contribution in [0.25, 0.3) is 0 Å². The minimum Gasteiger partial charge on any atom is -0.483 e. The van der Waals surface area contributed by atoms with Gasteiger partial charge in [0.2, 0.25) is 0 Å². The van der Waals surface area contributed by atoms with Gasteiger partial charge in [0.15, 0.2) is 6.61 Å². The van der Waals surface area contributed by atoms with Crippen molar-refractivity contribution in [1.82, 2.24) is 4.90 Å². The third kappa shape index (κ3) is 4.37. The Balaban J connectivity index is 2.12. The summed E-state index contributed by atoms with van der Waals surface area (Å²) in [7, 11) is 0. The van der Waals surface area contributed by atoms with Crippen LogP contribution in [0.1, 0.15) is 23.2 Å². The van der Waals surface area contributed by atoms with Gasteiger partial charge in [-0.15, -0.1) is 0 Å². The number of hydrogen-bond donors (Lipinski definition) is 1. The van der Waals surface area contributed by atoms with Gasteiger partial charge in [0, 0.05) is 19.7 Å². The molecule has 0 radical (unpaired) electrons. The number of para-hydroxylation sites is 1. The fourth-order valence-electron chi connectivity index (χ4n) is 2.50. The number of piperidine rings is 1. The second kappa shape index (κ2) is 7.00. The van der Waals surface area contributed by atoms with Gasteiger partial charge < -0.3 is 14.7 Å². The SMILES string of the molecule is O=C(c1ccccc1OCC(F)(F)F)N1CCCC(CO)C1. The molecular formula is C15H18F3NO3. The quantitative estimate of drug-likeness (QED) is 0.928. The van der Waals surface area contributed by atoms with Crippen LogP contribution in [0.5, 0.6) is 5.75 Å². The Morgan fingerprint density at radius 3 is 2.77 bits per heavy atom. The number of aliphatic hydroxyl groups is 1. The fraction of sp³-hybridized carbons (Fsp3) is 0.533. The Morgan fingerprint density at radius 1 is 1.36 bits per heavy atom. The van der Waals surface area contributed by atoms with Crippen LogP contribution in [0.2, 0.25) is 0 Å². The van der Waals surface area contributed by atoms with E-state index < -0.39 is 12.8 Å². The molecule has 1 aromatic carbocycles. The van der Waals surface area contributed by atoms with E-state index in [-0.39, 0.29) is 29.7 Å². The highest BCUT2D eigenvalue weighted by molar-refractivity contribution is 5.97. The van der Waals surface area contributed by atoms with Crippen molar-refractivity contribution in [3.63, 3.8) is 0 Å². The fourth-order valence-corrected chi connectivity index (χ4v) is 2.50. The third-order valence-electron chi connectivity index (χ3n) is 3.57. The topological polar surface area (TPSA) is 49.8 Å². The summed E-state index contributed by atoms with van der Waals surface area (Å²) in [6.45, 7) is -0.502. The lowest BCUT2D eigenvalue weighted by atomic mass is 9.98. The molecule has 0 bridgehead atoms. The Morgan fingerprint density at radius 2 is 2.09 bits per heavy atom. The lowest BCUT2D eigenvalue weighted by Gasteiger charge is -2.32. The van der Waals surface area contributed by atoms with Crippen molar-refractivity contribution in [3.05, 3.63) is 29.8 Å². The van der Waals surface area contributed by atoms with Crippen molar-refractivity contribution in [2.45, 2.75) is 19.0 Å². The minimum atomic E-state index is -4.46. The molecule has 0 aromatic heterocycles. The Bertz CT molecular complexity index is 519. The van der Waals surface area contributed by atoms with Gasteiger partial charge in [0.1, 0.15) is 5.75 Å². The number of benzene rings is 1. The molecule has 1 amide bonds. The number of nitrogens with zero attached hydrogens (tertiary/aromatic N) is 1. The molecule has 0 spiro atoms. The molecule has 1 aromatic rings. The molecule has 1 aliphatic heterocycles. The summed E-state index contributed by atoms with van der Waals surface area (Å²) in [4.78, 5) is 14.0. The molecule has 1 fully saturated rings. The monoisotopic (exact) mass is 317 g/mol. The van der Waals surface area contributed by atoms with Gasteiger partial charge in [0.25, 0.3) is 5.91 Å². The van der Waals surface area contributed by atoms with Crippen LogP contribution >= 0.6 is 0 Å². The number of alkyl halides is 3. The van der Waals surface area contributed by atoms with Gasteiger partial charge in [-0.1, -0.05) is 12.1 Å².